The fourth-order valence-electron chi connectivity index (χ4n) is 2.00. The van der Waals surface area contributed by atoms with Crippen LogP contribution in [0.2, 0.25) is 0 Å². The fraction of sp³-hybridized carbons (Fsp3) is 0.545. The van der Waals surface area contributed by atoms with Gasteiger partial charge in [-0.1, -0.05) is 0 Å². The number of nitrogen functional groups attached to an aromatic ring is 1. The van der Waals surface area contributed by atoms with Gasteiger partial charge in [0.1, 0.15) is 4.21 Å². The van der Waals surface area contributed by atoms with Crippen molar-refractivity contribution in [3.05, 3.63) is 11.4 Å². The first-order valence-electron chi connectivity index (χ1n) is 6.13. The maximum Gasteiger partial charge on any atom is 0.319 e. The molecule has 0 spiro atoms. The lowest BCUT2D eigenvalue weighted by molar-refractivity contribution is 0.149. The van der Waals surface area contributed by atoms with Crippen molar-refractivity contribution in [3.63, 3.8) is 0 Å². The molecule has 1 saturated heterocycles. The van der Waals surface area contributed by atoms with E-state index in [0.717, 1.165) is 11.3 Å². The van der Waals surface area contributed by atoms with Crippen LogP contribution in [0.3, 0.4) is 0 Å². The average Bonchev–Trinajstić information content (AvgIpc) is 2.85. The van der Waals surface area contributed by atoms with Gasteiger partial charge in [-0.3, -0.25) is 0 Å². The number of carbonyl (C=O) groups excluding carboxylic acids is 1. The Hall–Kier alpha value is -1.32. The number of nitrogens with two attached hydrogens (primary N) is 1. The minimum atomic E-state index is -3.49. The SMILES string of the molecule is CN(C)C(=O)N1CCN(S(=O)(=O)c2cc(N)cs2)CC1. The number of carbonyl (C=O) groups is 1. The molecule has 7 nitrogen and oxygen atoms in total. The number of hydrogen-bond donors (Lipinski definition) is 1. The van der Waals surface area contributed by atoms with E-state index in [1.54, 1.807) is 24.4 Å². The van der Waals surface area contributed by atoms with Crippen molar-refractivity contribution in [3.8, 4) is 0 Å². The van der Waals surface area contributed by atoms with Crippen molar-refractivity contribution < 1.29 is 13.2 Å². The largest absolute Gasteiger partial charge is 0.398 e. The number of thiophene rings is 1. The molecule has 1 aromatic heterocycles. The number of urea groups is 1. The van der Waals surface area contributed by atoms with Crippen molar-refractivity contribution in [2.75, 3.05) is 46.0 Å². The molecule has 0 unspecified atom stereocenters. The summed E-state index contributed by atoms with van der Waals surface area (Å²) in [7, 11) is -0.129. The van der Waals surface area contributed by atoms with E-state index in [1.165, 1.54) is 15.3 Å². The van der Waals surface area contributed by atoms with Crippen LogP contribution >= 0.6 is 11.3 Å². The summed E-state index contributed by atoms with van der Waals surface area (Å²) in [6, 6.07) is 1.37. The number of sulfonamides is 1. The van der Waals surface area contributed by atoms with Gasteiger partial charge >= 0.3 is 6.03 Å². The number of amides is 2. The first-order chi connectivity index (χ1) is 9.32. The Labute approximate surface area is 122 Å². The van der Waals surface area contributed by atoms with Crippen LogP contribution in [0.15, 0.2) is 15.7 Å². The van der Waals surface area contributed by atoms with Gasteiger partial charge in [0.05, 0.1) is 0 Å². The van der Waals surface area contributed by atoms with E-state index in [1.807, 2.05) is 0 Å². The van der Waals surface area contributed by atoms with E-state index in [9.17, 15) is 13.2 Å². The zero-order valence-electron chi connectivity index (χ0n) is 11.4. The van der Waals surface area contributed by atoms with Crippen LogP contribution < -0.4 is 5.73 Å². The lowest BCUT2D eigenvalue weighted by Gasteiger charge is -2.34. The predicted octanol–water partition coefficient (Wildman–Crippen LogP) is 0.318. The van der Waals surface area contributed by atoms with Crippen LogP contribution in [0.1, 0.15) is 0 Å². The molecule has 1 fully saturated rings. The summed E-state index contributed by atoms with van der Waals surface area (Å²) in [5, 5.41) is 1.61. The van der Waals surface area contributed by atoms with E-state index in [0.29, 0.717) is 31.9 Å². The standard InChI is InChI=1S/C11H18N4O3S2/c1-13(2)11(16)14-3-5-15(6-4-14)20(17,18)10-7-9(12)8-19-10/h7-8H,3-6,12H2,1-2H3. The van der Waals surface area contributed by atoms with Crippen molar-refractivity contribution in [1.29, 1.82) is 0 Å². The van der Waals surface area contributed by atoms with Crippen LogP contribution in [0.4, 0.5) is 10.5 Å². The Kier molecular flexibility index (Phi) is 4.21. The Balaban J connectivity index is 2.05. The molecule has 1 aliphatic rings. The molecule has 0 aliphatic carbocycles. The normalized spacial score (nSPS) is 17.2. The highest BCUT2D eigenvalue weighted by Crippen LogP contribution is 2.25. The van der Waals surface area contributed by atoms with Crippen LogP contribution in [-0.2, 0) is 10.0 Å². The smallest absolute Gasteiger partial charge is 0.319 e. The third-order valence-electron chi connectivity index (χ3n) is 3.08. The molecule has 0 aromatic carbocycles. The van der Waals surface area contributed by atoms with Gasteiger partial charge < -0.3 is 15.5 Å². The van der Waals surface area contributed by atoms with Crippen molar-refractivity contribution in [2.45, 2.75) is 4.21 Å². The van der Waals surface area contributed by atoms with Gasteiger partial charge in [-0.25, -0.2) is 13.2 Å². The topological polar surface area (TPSA) is 87.0 Å². The zero-order chi connectivity index (χ0) is 14.9. The second kappa shape index (κ2) is 5.58. The third-order valence-corrected chi connectivity index (χ3v) is 6.41. The second-order valence-electron chi connectivity index (χ2n) is 4.77. The van der Waals surface area contributed by atoms with Crippen LogP contribution in [0.25, 0.3) is 0 Å². The predicted molar refractivity (Wildman–Crippen MR) is 78.1 cm³/mol. The Morgan fingerprint density at radius 3 is 2.35 bits per heavy atom. The number of hydrogen-bond acceptors (Lipinski definition) is 5. The first-order valence-corrected chi connectivity index (χ1v) is 8.44. The summed E-state index contributed by atoms with van der Waals surface area (Å²) in [5.41, 5.74) is 6.02. The summed E-state index contributed by atoms with van der Waals surface area (Å²) in [5.74, 6) is 0. The van der Waals surface area contributed by atoms with Gasteiger partial charge in [-0.15, -0.1) is 11.3 Å². The van der Waals surface area contributed by atoms with Gasteiger partial charge in [0.2, 0.25) is 0 Å². The second-order valence-corrected chi connectivity index (χ2v) is 7.84. The van der Waals surface area contributed by atoms with E-state index in [2.05, 4.69) is 0 Å². The highest BCUT2D eigenvalue weighted by atomic mass is 32.2. The van der Waals surface area contributed by atoms with Crippen LogP contribution in [-0.4, -0.2) is 68.8 Å². The van der Waals surface area contributed by atoms with Gasteiger partial charge in [-0.05, 0) is 6.07 Å². The van der Waals surface area contributed by atoms with E-state index >= 15 is 0 Å². The van der Waals surface area contributed by atoms with Crippen molar-refractivity contribution in [2.24, 2.45) is 0 Å². The summed E-state index contributed by atoms with van der Waals surface area (Å²) < 4.78 is 26.4. The lowest BCUT2D eigenvalue weighted by atomic mass is 10.4. The van der Waals surface area contributed by atoms with Gasteiger partial charge in [0.15, 0.2) is 0 Å². The van der Waals surface area contributed by atoms with E-state index < -0.39 is 10.0 Å². The molecule has 0 atom stereocenters. The molecule has 1 aliphatic heterocycles. The molecule has 1 aromatic rings. The third kappa shape index (κ3) is 2.89. The monoisotopic (exact) mass is 318 g/mol. The Morgan fingerprint density at radius 2 is 1.90 bits per heavy atom. The molecule has 2 N–H and O–H groups in total. The number of anilines is 1. The zero-order valence-corrected chi connectivity index (χ0v) is 13.1. The number of nitrogens with zero attached hydrogens (tertiary/aromatic N) is 3. The number of piperazine rings is 1. The average molecular weight is 318 g/mol. The molecule has 0 radical (unpaired) electrons. The molecule has 0 bridgehead atoms. The molecular formula is C11H18N4O3S2. The molecule has 112 valence electrons. The summed E-state index contributed by atoms with van der Waals surface area (Å²) >= 11 is 1.12. The Morgan fingerprint density at radius 1 is 1.30 bits per heavy atom. The summed E-state index contributed by atoms with van der Waals surface area (Å²) in [6.07, 6.45) is 0. The quantitative estimate of drug-likeness (QED) is 0.850. The molecule has 2 amide bonds. The molecule has 2 rings (SSSR count). The minimum Gasteiger partial charge on any atom is -0.398 e. The van der Waals surface area contributed by atoms with Crippen molar-refractivity contribution >= 4 is 33.1 Å². The maximum absolute atomic E-state index is 12.4. The molecule has 20 heavy (non-hydrogen) atoms. The molecular weight excluding hydrogens is 300 g/mol. The van der Waals surface area contributed by atoms with Gasteiger partial charge in [-0.2, -0.15) is 4.31 Å². The molecule has 0 saturated carbocycles. The highest BCUT2D eigenvalue weighted by Gasteiger charge is 2.31. The summed E-state index contributed by atoms with van der Waals surface area (Å²) in [6.45, 7) is 1.41. The summed E-state index contributed by atoms with van der Waals surface area (Å²) in [4.78, 5) is 14.9. The van der Waals surface area contributed by atoms with E-state index in [4.69, 9.17) is 5.73 Å². The highest BCUT2D eigenvalue weighted by molar-refractivity contribution is 7.91. The molecule has 2 heterocycles. The van der Waals surface area contributed by atoms with Gasteiger partial charge in [0.25, 0.3) is 10.0 Å². The number of rotatable bonds is 2. The van der Waals surface area contributed by atoms with Gasteiger partial charge in [0, 0.05) is 51.3 Å². The maximum atomic E-state index is 12.4. The van der Waals surface area contributed by atoms with E-state index in [-0.39, 0.29) is 10.2 Å². The minimum absolute atomic E-state index is 0.0950. The van der Waals surface area contributed by atoms with Crippen LogP contribution in [0, 0.1) is 0 Å². The Bertz CT molecular complexity index is 589. The molecule has 9 heteroatoms. The fourth-order valence-corrected chi connectivity index (χ4v) is 4.65. The van der Waals surface area contributed by atoms with Crippen LogP contribution in [0.5, 0.6) is 0 Å². The van der Waals surface area contributed by atoms with Crippen molar-refractivity contribution in [1.82, 2.24) is 14.1 Å². The lowest BCUT2D eigenvalue weighted by Crippen LogP contribution is -2.52. The first kappa shape index (κ1) is 15.1.